The molecule has 0 aliphatic heterocycles. The minimum Gasteiger partial charge on any atom is -0.493 e. The van der Waals surface area contributed by atoms with Crippen LogP contribution in [0.25, 0.3) is 0 Å². The van der Waals surface area contributed by atoms with Crippen LogP contribution in [0.3, 0.4) is 0 Å². The van der Waals surface area contributed by atoms with Crippen LogP contribution in [-0.2, 0) is 11.3 Å². The normalized spacial score (nSPS) is 10.5. The molecule has 0 unspecified atom stereocenters. The van der Waals surface area contributed by atoms with Gasteiger partial charge in [-0.3, -0.25) is 4.79 Å². The predicted molar refractivity (Wildman–Crippen MR) is 125 cm³/mol. The van der Waals surface area contributed by atoms with Gasteiger partial charge in [-0.05, 0) is 36.8 Å². The number of hydrogen-bond donors (Lipinski definition) is 3. The van der Waals surface area contributed by atoms with Gasteiger partial charge in [-0.25, -0.2) is 4.99 Å². The summed E-state index contributed by atoms with van der Waals surface area (Å²) in [5.74, 6) is 1.96. The van der Waals surface area contributed by atoms with E-state index in [-0.39, 0.29) is 30.6 Å². The third kappa shape index (κ3) is 8.06. The average Bonchev–Trinajstić information content (AvgIpc) is 2.71. The van der Waals surface area contributed by atoms with E-state index >= 15 is 0 Å². The molecular weight excluding hydrogens is 487 g/mol. The smallest absolute Gasteiger partial charge is 0.255 e. The molecule has 0 aliphatic carbocycles. The average molecular weight is 514 g/mol. The number of aliphatic imine (C=N–C) groups is 1. The SMILES string of the molecule is CCNC(=NCc1cccc(OCC(N)=O)c1)Nc1ccc(OC)c(OC)c1.I. The summed E-state index contributed by atoms with van der Waals surface area (Å²) in [6, 6.07) is 12.9. The van der Waals surface area contributed by atoms with E-state index in [1.807, 2.05) is 43.3 Å². The Morgan fingerprint density at radius 3 is 2.52 bits per heavy atom. The Bertz CT molecular complexity index is 830. The zero-order valence-electron chi connectivity index (χ0n) is 16.7. The number of nitrogens with zero attached hydrogens (tertiary/aromatic N) is 1. The van der Waals surface area contributed by atoms with Crippen molar-refractivity contribution in [2.75, 3.05) is 32.7 Å². The number of rotatable bonds is 9. The van der Waals surface area contributed by atoms with E-state index in [1.165, 1.54) is 0 Å². The minimum absolute atomic E-state index is 0. The molecule has 0 saturated heterocycles. The lowest BCUT2D eigenvalue weighted by molar-refractivity contribution is -0.119. The summed E-state index contributed by atoms with van der Waals surface area (Å²) in [6.45, 7) is 2.97. The Balaban J connectivity index is 0.00000420. The van der Waals surface area contributed by atoms with Gasteiger partial charge in [-0.2, -0.15) is 0 Å². The van der Waals surface area contributed by atoms with Gasteiger partial charge in [0.15, 0.2) is 24.1 Å². The van der Waals surface area contributed by atoms with Crippen molar-refractivity contribution in [3.63, 3.8) is 0 Å². The molecule has 8 nitrogen and oxygen atoms in total. The van der Waals surface area contributed by atoms with Gasteiger partial charge in [-0.1, -0.05) is 12.1 Å². The van der Waals surface area contributed by atoms with Crippen LogP contribution in [-0.4, -0.2) is 39.2 Å². The van der Waals surface area contributed by atoms with E-state index < -0.39 is 5.91 Å². The van der Waals surface area contributed by atoms with Crippen LogP contribution in [0.1, 0.15) is 12.5 Å². The lowest BCUT2D eigenvalue weighted by atomic mass is 10.2. The van der Waals surface area contributed by atoms with Gasteiger partial charge in [-0.15, -0.1) is 24.0 Å². The monoisotopic (exact) mass is 514 g/mol. The summed E-state index contributed by atoms with van der Waals surface area (Å²) in [4.78, 5) is 15.4. The molecule has 0 saturated carbocycles. The molecule has 4 N–H and O–H groups in total. The maximum absolute atomic E-state index is 10.8. The van der Waals surface area contributed by atoms with Gasteiger partial charge in [0.1, 0.15) is 5.75 Å². The fourth-order valence-electron chi connectivity index (χ4n) is 2.42. The first kappa shape index (κ1) is 24.3. The third-order valence-electron chi connectivity index (χ3n) is 3.69. The van der Waals surface area contributed by atoms with Crippen LogP contribution >= 0.6 is 24.0 Å². The number of hydrogen-bond acceptors (Lipinski definition) is 5. The number of carbonyl (C=O) groups is 1. The van der Waals surface area contributed by atoms with Crippen molar-refractivity contribution in [2.24, 2.45) is 10.7 Å². The highest BCUT2D eigenvalue weighted by molar-refractivity contribution is 14.0. The predicted octanol–water partition coefficient (Wildman–Crippen LogP) is 2.76. The second kappa shape index (κ2) is 12.7. The maximum atomic E-state index is 10.8. The van der Waals surface area contributed by atoms with Crippen LogP contribution in [0.15, 0.2) is 47.5 Å². The molecule has 0 heterocycles. The number of nitrogens with one attached hydrogen (secondary N) is 2. The van der Waals surface area contributed by atoms with Gasteiger partial charge in [0.25, 0.3) is 5.91 Å². The molecule has 0 aliphatic rings. The Hall–Kier alpha value is -2.69. The molecule has 0 bridgehead atoms. The van der Waals surface area contributed by atoms with Crippen LogP contribution in [0.2, 0.25) is 0 Å². The molecule has 9 heteroatoms. The Morgan fingerprint density at radius 1 is 1.10 bits per heavy atom. The van der Waals surface area contributed by atoms with Crippen molar-refractivity contribution in [1.29, 1.82) is 0 Å². The highest BCUT2D eigenvalue weighted by atomic mass is 127. The number of guanidine groups is 1. The molecule has 2 aromatic carbocycles. The molecule has 1 amide bonds. The standard InChI is InChI=1S/C20H26N4O4.HI/c1-4-22-20(24-15-8-9-17(26-2)18(11-15)27-3)23-12-14-6-5-7-16(10-14)28-13-19(21)25;/h5-11H,4,12-13H2,1-3H3,(H2,21,25)(H2,22,23,24);1H. The second-order valence-corrected chi connectivity index (χ2v) is 5.79. The summed E-state index contributed by atoms with van der Waals surface area (Å²) in [5.41, 5.74) is 6.86. The zero-order valence-corrected chi connectivity index (χ0v) is 19.1. The maximum Gasteiger partial charge on any atom is 0.255 e. The summed E-state index contributed by atoms with van der Waals surface area (Å²) in [7, 11) is 3.19. The van der Waals surface area contributed by atoms with Crippen molar-refractivity contribution in [1.82, 2.24) is 5.32 Å². The van der Waals surface area contributed by atoms with E-state index in [1.54, 1.807) is 20.3 Å². The van der Waals surface area contributed by atoms with Crippen molar-refractivity contribution >= 4 is 41.5 Å². The summed E-state index contributed by atoms with van der Waals surface area (Å²) in [6.07, 6.45) is 0. The number of halogens is 1. The second-order valence-electron chi connectivity index (χ2n) is 5.79. The molecule has 158 valence electrons. The Labute approximate surface area is 187 Å². The highest BCUT2D eigenvalue weighted by Crippen LogP contribution is 2.29. The van der Waals surface area contributed by atoms with Crippen LogP contribution in [0, 0.1) is 0 Å². The molecule has 0 aromatic heterocycles. The first-order valence-corrected chi connectivity index (χ1v) is 8.83. The Morgan fingerprint density at radius 2 is 1.86 bits per heavy atom. The molecule has 0 atom stereocenters. The quantitative estimate of drug-likeness (QED) is 0.270. The number of methoxy groups -OCH3 is 2. The summed E-state index contributed by atoms with van der Waals surface area (Å²) >= 11 is 0. The topological polar surface area (TPSA) is 107 Å². The van der Waals surface area contributed by atoms with E-state index in [0.717, 1.165) is 11.3 Å². The fraction of sp³-hybridized carbons (Fsp3) is 0.300. The molecule has 2 rings (SSSR count). The summed E-state index contributed by atoms with van der Waals surface area (Å²) in [5, 5.41) is 6.44. The lowest BCUT2D eigenvalue weighted by Crippen LogP contribution is -2.30. The number of nitrogens with two attached hydrogens (primary N) is 1. The molecule has 0 fully saturated rings. The van der Waals surface area contributed by atoms with Crippen LogP contribution in [0.4, 0.5) is 5.69 Å². The molecule has 29 heavy (non-hydrogen) atoms. The molecule has 0 spiro atoms. The molecule has 2 aromatic rings. The third-order valence-corrected chi connectivity index (χ3v) is 3.69. The number of primary amides is 1. The first-order chi connectivity index (χ1) is 13.5. The molecule has 0 radical (unpaired) electrons. The minimum atomic E-state index is -0.517. The zero-order chi connectivity index (χ0) is 20.4. The lowest BCUT2D eigenvalue weighted by Gasteiger charge is -2.14. The number of carbonyl (C=O) groups excluding carboxylic acids is 1. The number of amides is 1. The van der Waals surface area contributed by atoms with Crippen molar-refractivity contribution in [3.8, 4) is 17.2 Å². The van der Waals surface area contributed by atoms with E-state index in [4.69, 9.17) is 19.9 Å². The van der Waals surface area contributed by atoms with Gasteiger partial charge < -0.3 is 30.6 Å². The fourth-order valence-corrected chi connectivity index (χ4v) is 2.42. The largest absolute Gasteiger partial charge is 0.493 e. The van der Waals surface area contributed by atoms with Crippen molar-refractivity contribution < 1.29 is 19.0 Å². The van der Waals surface area contributed by atoms with Crippen LogP contribution in [0.5, 0.6) is 17.2 Å². The summed E-state index contributed by atoms with van der Waals surface area (Å²) < 4.78 is 15.9. The van der Waals surface area contributed by atoms with Crippen molar-refractivity contribution in [3.05, 3.63) is 48.0 Å². The number of ether oxygens (including phenoxy) is 3. The highest BCUT2D eigenvalue weighted by Gasteiger charge is 2.06. The number of benzene rings is 2. The molecular formula is C20H27IN4O4. The van der Waals surface area contributed by atoms with E-state index in [9.17, 15) is 4.79 Å². The van der Waals surface area contributed by atoms with Gasteiger partial charge >= 0.3 is 0 Å². The van der Waals surface area contributed by atoms with Gasteiger partial charge in [0.05, 0.1) is 20.8 Å². The number of anilines is 1. The van der Waals surface area contributed by atoms with E-state index in [2.05, 4.69) is 15.6 Å². The van der Waals surface area contributed by atoms with Crippen LogP contribution < -0.4 is 30.6 Å². The van der Waals surface area contributed by atoms with Gasteiger partial charge in [0, 0.05) is 18.3 Å². The first-order valence-electron chi connectivity index (χ1n) is 8.83. The van der Waals surface area contributed by atoms with E-state index in [0.29, 0.717) is 36.3 Å². The van der Waals surface area contributed by atoms with Crippen molar-refractivity contribution in [2.45, 2.75) is 13.5 Å². The Kier molecular flexibility index (Phi) is 10.7. The van der Waals surface area contributed by atoms with Gasteiger partial charge in [0.2, 0.25) is 0 Å².